The van der Waals surface area contributed by atoms with Crippen molar-refractivity contribution >= 4 is 29.3 Å². The number of anilines is 2. The third-order valence-electron chi connectivity index (χ3n) is 6.11. The van der Waals surface area contributed by atoms with Gasteiger partial charge in [-0.3, -0.25) is 4.79 Å². The highest BCUT2D eigenvalue weighted by Crippen LogP contribution is 2.37. The number of allylic oxidation sites excluding steroid dienone is 1. The molecule has 1 aliphatic heterocycles. The smallest absolute Gasteiger partial charge is 0.255 e. The highest BCUT2D eigenvalue weighted by atomic mass is 32.2. The largest absolute Gasteiger partial charge is 0.328 e. The van der Waals surface area contributed by atoms with Crippen molar-refractivity contribution in [1.82, 2.24) is 14.8 Å². The number of hydrogen-bond donors (Lipinski definition) is 2. The van der Waals surface area contributed by atoms with E-state index >= 15 is 0 Å². The van der Waals surface area contributed by atoms with Gasteiger partial charge >= 0.3 is 0 Å². The van der Waals surface area contributed by atoms with Gasteiger partial charge in [-0.15, -0.1) is 5.10 Å². The van der Waals surface area contributed by atoms with Crippen LogP contribution >= 0.6 is 11.8 Å². The van der Waals surface area contributed by atoms with Crippen LogP contribution < -0.4 is 10.6 Å². The van der Waals surface area contributed by atoms with Gasteiger partial charge in [0.1, 0.15) is 11.9 Å². The van der Waals surface area contributed by atoms with Crippen LogP contribution in [0, 0.1) is 19.7 Å². The standard InChI is InChI=1S/C28H26FN5OS/c1-17-7-6-9-20(15-17)16-36-28-32-27-30-19(3)24(26(35)31-23-10-5-4-8-18(23)2)25(34(27)33-28)21-11-13-22(29)14-12-21/h4-15,25H,16H2,1-3H3,(H,31,35)(H,30,32,33)/t25-/m0/s1. The Balaban J connectivity index is 1.49. The van der Waals surface area contributed by atoms with E-state index < -0.39 is 6.04 Å². The maximum Gasteiger partial charge on any atom is 0.255 e. The number of aryl methyl sites for hydroxylation is 2. The number of para-hydroxylation sites is 1. The SMILES string of the molecule is CC1=C(C(=O)Nc2ccccc2C)[C@H](c2ccc(F)cc2)n2nc(SCc3cccc(C)c3)nc2N1. The summed E-state index contributed by atoms with van der Waals surface area (Å²) in [4.78, 5) is 18.3. The Morgan fingerprint density at radius 2 is 1.83 bits per heavy atom. The number of halogens is 1. The first-order valence-electron chi connectivity index (χ1n) is 11.6. The molecule has 36 heavy (non-hydrogen) atoms. The predicted octanol–water partition coefficient (Wildman–Crippen LogP) is 6.25. The highest BCUT2D eigenvalue weighted by Gasteiger charge is 2.34. The second kappa shape index (κ2) is 9.99. The summed E-state index contributed by atoms with van der Waals surface area (Å²) in [6, 6.07) is 21.5. The summed E-state index contributed by atoms with van der Waals surface area (Å²) in [5.41, 5.74) is 5.99. The lowest BCUT2D eigenvalue weighted by molar-refractivity contribution is -0.113. The highest BCUT2D eigenvalue weighted by molar-refractivity contribution is 7.98. The predicted molar refractivity (Wildman–Crippen MR) is 141 cm³/mol. The number of fused-ring (bicyclic) bond motifs is 1. The number of benzene rings is 3. The lowest BCUT2D eigenvalue weighted by atomic mass is 9.95. The second-order valence-electron chi connectivity index (χ2n) is 8.83. The van der Waals surface area contributed by atoms with Crippen molar-refractivity contribution in [2.24, 2.45) is 0 Å². The third-order valence-corrected chi connectivity index (χ3v) is 7.02. The third kappa shape index (κ3) is 4.90. The minimum atomic E-state index is -0.563. The summed E-state index contributed by atoms with van der Waals surface area (Å²) in [5, 5.41) is 11.6. The Kier molecular flexibility index (Phi) is 6.61. The monoisotopic (exact) mass is 499 g/mol. The van der Waals surface area contributed by atoms with E-state index in [0.29, 0.717) is 22.4 Å². The van der Waals surface area contributed by atoms with Crippen LogP contribution in [0.25, 0.3) is 0 Å². The Morgan fingerprint density at radius 3 is 2.58 bits per heavy atom. The molecule has 0 radical (unpaired) electrons. The molecule has 1 aromatic heterocycles. The first-order valence-corrected chi connectivity index (χ1v) is 12.6. The average molecular weight is 500 g/mol. The fourth-order valence-electron chi connectivity index (χ4n) is 4.29. The number of nitrogens with one attached hydrogen (secondary N) is 2. The van der Waals surface area contributed by atoms with Gasteiger partial charge in [-0.25, -0.2) is 9.07 Å². The van der Waals surface area contributed by atoms with Crippen LogP contribution in [-0.2, 0) is 10.5 Å². The number of carbonyl (C=O) groups is 1. The molecule has 0 unspecified atom stereocenters. The molecule has 1 amide bonds. The minimum Gasteiger partial charge on any atom is -0.328 e. The van der Waals surface area contributed by atoms with Crippen LogP contribution in [0.1, 0.15) is 35.2 Å². The molecule has 2 N–H and O–H groups in total. The van der Waals surface area contributed by atoms with Crippen LogP contribution in [0.15, 0.2) is 89.2 Å². The van der Waals surface area contributed by atoms with E-state index in [0.717, 1.165) is 22.6 Å². The molecule has 182 valence electrons. The van der Waals surface area contributed by atoms with Crippen molar-refractivity contribution in [1.29, 1.82) is 0 Å². The molecule has 2 heterocycles. The van der Waals surface area contributed by atoms with E-state index in [9.17, 15) is 9.18 Å². The first-order chi connectivity index (χ1) is 17.4. The van der Waals surface area contributed by atoms with Crippen molar-refractivity contribution in [2.45, 2.75) is 37.7 Å². The van der Waals surface area contributed by atoms with E-state index in [2.05, 4.69) is 40.7 Å². The molecule has 6 nitrogen and oxygen atoms in total. The molecule has 1 atom stereocenters. The lowest BCUT2D eigenvalue weighted by Gasteiger charge is -2.28. The molecule has 0 fully saturated rings. The van der Waals surface area contributed by atoms with E-state index in [1.807, 2.05) is 44.2 Å². The Bertz CT molecular complexity index is 1460. The Hall–Kier alpha value is -3.91. The number of amides is 1. The van der Waals surface area contributed by atoms with Gasteiger partial charge in [0.25, 0.3) is 5.91 Å². The van der Waals surface area contributed by atoms with E-state index in [1.165, 1.54) is 35.0 Å². The van der Waals surface area contributed by atoms with E-state index in [4.69, 9.17) is 5.10 Å². The van der Waals surface area contributed by atoms with Gasteiger partial charge in [-0.05, 0) is 55.7 Å². The molecule has 3 aromatic carbocycles. The quantitative estimate of drug-likeness (QED) is 0.307. The number of aromatic nitrogens is 3. The number of thioether (sulfide) groups is 1. The Morgan fingerprint density at radius 1 is 1.06 bits per heavy atom. The zero-order chi connectivity index (χ0) is 25.2. The molecule has 4 aromatic rings. The summed E-state index contributed by atoms with van der Waals surface area (Å²) in [6.07, 6.45) is 0. The fourth-order valence-corrected chi connectivity index (χ4v) is 5.06. The summed E-state index contributed by atoms with van der Waals surface area (Å²) >= 11 is 1.53. The van der Waals surface area contributed by atoms with Crippen LogP contribution in [0.5, 0.6) is 0 Å². The van der Waals surface area contributed by atoms with Gasteiger partial charge in [0.05, 0.1) is 5.57 Å². The van der Waals surface area contributed by atoms with E-state index in [1.54, 1.807) is 16.8 Å². The van der Waals surface area contributed by atoms with Crippen molar-refractivity contribution < 1.29 is 9.18 Å². The molecule has 0 bridgehead atoms. The van der Waals surface area contributed by atoms with Crippen molar-refractivity contribution in [3.05, 3.63) is 112 Å². The lowest BCUT2D eigenvalue weighted by Crippen LogP contribution is -2.31. The zero-order valence-electron chi connectivity index (χ0n) is 20.2. The van der Waals surface area contributed by atoms with Crippen molar-refractivity contribution in [3.8, 4) is 0 Å². The number of hydrogen-bond acceptors (Lipinski definition) is 5. The molecule has 0 aliphatic carbocycles. The molecule has 0 spiro atoms. The first kappa shape index (κ1) is 23.8. The summed E-state index contributed by atoms with van der Waals surface area (Å²) in [5.74, 6) is 0.673. The van der Waals surface area contributed by atoms with E-state index in [-0.39, 0.29) is 11.7 Å². The van der Waals surface area contributed by atoms with Crippen molar-refractivity contribution in [2.75, 3.05) is 10.6 Å². The van der Waals surface area contributed by atoms with Crippen LogP contribution in [0.4, 0.5) is 16.0 Å². The van der Waals surface area contributed by atoms with Gasteiger partial charge in [0.2, 0.25) is 11.1 Å². The Labute approximate surface area is 213 Å². The van der Waals surface area contributed by atoms with Crippen molar-refractivity contribution in [3.63, 3.8) is 0 Å². The van der Waals surface area contributed by atoms with Crippen LogP contribution in [0.3, 0.4) is 0 Å². The number of rotatable bonds is 6. The molecular weight excluding hydrogens is 473 g/mol. The van der Waals surface area contributed by atoms with Gasteiger partial charge in [0, 0.05) is 17.1 Å². The number of carbonyl (C=O) groups excluding carboxylic acids is 1. The average Bonchev–Trinajstić information content (AvgIpc) is 3.26. The van der Waals surface area contributed by atoms with Crippen LogP contribution in [-0.4, -0.2) is 20.7 Å². The maximum absolute atomic E-state index is 13.8. The minimum absolute atomic E-state index is 0.251. The van der Waals surface area contributed by atoms with Gasteiger partial charge in [-0.2, -0.15) is 4.98 Å². The van der Waals surface area contributed by atoms with Gasteiger partial charge in [-0.1, -0.05) is 71.9 Å². The molecule has 5 rings (SSSR count). The topological polar surface area (TPSA) is 71.8 Å². The van der Waals surface area contributed by atoms with Crippen LogP contribution in [0.2, 0.25) is 0 Å². The normalized spacial score (nSPS) is 14.8. The summed E-state index contributed by atoms with van der Waals surface area (Å²) in [7, 11) is 0. The zero-order valence-corrected chi connectivity index (χ0v) is 21.1. The molecular formula is C28H26FN5OS. The molecule has 1 aliphatic rings. The molecule has 0 saturated heterocycles. The second-order valence-corrected chi connectivity index (χ2v) is 9.77. The fraction of sp³-hybridized carbons (Fsp3) is 0.179. The van der Waals surface area contributed by atoms with Gasteiger partial charge < -0.3 is 10.6 Å². The molecule has 8 heteroatoms. The summed E-state index contributed by atoms with van der Waals surface area (Å²) in [6.45, 7) is 5.86. The maximum atomic E-state index is 13.8. The molecule has 0 saturated carbocycles. The summed E-state index contributed by atoms with van der Waals surface area (Å²) < 4.78 is 15.5. The number of nitrogens with zero attached hydrogens (tertiary/aromatic N) is 3. The van der Waals surface area contributed by atoms with Gasteiger partial charge in [0.15, 0.2) is 0 Å².